The van der Waals surface area contributed by atoms with Crippen LogP contribution in [0, 0.1) is 5.92 Å². The largest absolute Gasteiger partial charge is 0.317 e. The summed E-state index contributed by atoms with van der Waals surface area (Å²) in [4.78, 5) is 8.10. The summed E-state index contributed by atoms with van der Waals surface area (Å²) in [5, 5.41) is 3.44. The van der Waals surface area contributed by atoms with Crippen molar-refractivity contribution in [3.05, 3.63) is 15.5 Å². The van der Waals surface area contributed by atoms with Crippen molar-refractivity contribution in [2.24, 2.45) is 5.92 Å². The molecule has 2 aliphatic rings. The van der Waals surface area contributed by atoms with Crippen LogP contribution in [0.25, 0.3) is 0 Å². The van der Waals surface area contributed by atoms with Gasteiger partial charge in [-0.3, -0.25) is 4.90 Å². The molecule has 1 aromatic heterocycles. The lowest BCUT2D eigenvalue weighted by molar-refractivity contribution is 0.191. The zero-order valence-electron chi connectivity index (χ0n) is 10.6. The summed E-state index contributed by atoms with van der Waals surface area (Å²) in [6, 6.07) is 0.820. The predicted molar refractivity (Wildman–Crippen MR) is 76.1 cm³/mol. The SMILES string of the molecule is Clc1ncc(CN(CC2CCNCC2)C2CC2)s1. The summed E-state index contributed by atoms with van der Waals surface area (Å²) in [7, 11) is 0. The molecule has 1 aliphatic carbocycles. The van der Waals surface area contributed by atoms with Crippen LogP contribution in [0.3, 0.4) is 0 Å². The van der Waals surface area contributed by atoms with Crippen molar-refractivity contribution in [1.82, 2.24) is 15.2 Å². The zero-order valence-corrected chi connectivity index (χ0v) is 12.1. The maximum Gasteiger partial charge on any atom is 0.183 e. The first-order chi connectivity index (χ1) is 8.81. The Balaban J connectivity index is 1.57. The summed E-state index contributed by atoms with van der Waals surface area (Å²) in [6.07, 6.45) is 7.33. The lowest BCUT2D eigenvalue weighted by Crippen LogP contribution is -2.36. The van der Waals surface area contributed by atoms with Crippen LogP contribution in [-0.2, 0) is 6.54 Å². The minimum absolute atomic E-state index is 0.669. The first-order valence-electron chi connectivity index (χ1n) is 6.86. The monoisotopic (exact) mass is 285 g/mol. The van der Waals surface area contributed by atoms with Crippen molar-refractivity contribution in [2.45, 2.75) is 38.3 Å². The predicted octanol–water partition coefficient (Wildman–Crippen LogP) is 2.76. The van der Waals surface area contributed by atoms with Gasteiger partial charge in [0.1, 0.15) is 0 Å². The minimum Gasteiger partial charge on any atom is -0.317 e. The van der Waals surface area contributed by atoms with E-state index < -0.39 is 0 Å². The van der Waals surface area contributed by atoms with E-state index in [1.54, 1.807) is 11.3 Å². The third-order valence-corrected chi connectivity index (χ3v) is 5.00. The highest BCUT2D eigenvalue weighted by Crippen LogP contribution is 2.31. The molecule has 3 nitrogen and oxygen atoms in total. The Kier molecular flexibility index (Phi) is 4.19. The summed E-state index contributed by atoms with van der Waals surface area (Å²) in [6.45, 7) is 4.67. The van der Waals surface area contributed by atoms with Crippen molar-refractivity contribution in [3.63, 3.8) is 0 Å². The van der Waals surface area contributed by atoms with E-state index in [0.29, 0.717) is 4.47 Å². The van der Waals surface area contributed by atoms with E-state index in [4.69, 9.17) is 11.6 Å². The van der Waals surface area contributed by atoms with Gasteiger partial charge in [-0.15, -0.1) is 11.3 Å². The molecule has 0 unspecified atom stereocenters. The number of thiazole rings is 1. The molecular weight excluding hydrogens is 266 g/mol. The molecule has 1 aromatic rings. The van der Waals surface area contributed by atoms with Gasteiger partial charge < -0.3 is 5.32 Å². The number of halogens is 1. The fourth-order valence-corrected chi connectivity index (χ4v) is 3.74. The van der Waals surface area contributed by atoms with E-state index in [9.17, 15) is 0 Å². The molecule has 0 aromatic carbocycles. The molecule has 2 heterocycles. The minimum atomic E-state index is 0.669. The van der Waals surface area contributed by atoms with Gasteiger partial charge in [-0.2, -0.15) is 0 Å². The van der Waals surface area contributed by atoms with Crippen LogP contribution in [0.1, 0.15) is 30.6 Å². The van der Waals surface area contributed by atoms with E-state index in [-0.39, 0.29) is 0 Å². The van der Waals surface area contributed by atoms with Gasteiger partial charge in [0, 0.05) is 30.2 Å². The van der Waals surface area contributed by atoms with Crippen molar-refractivity contribution < 1.29 is 0 Å². The van der Waals surface area contributed by atoms with E-state index in [1.807, 2.05) is 6.20 Å². The van der Waals surface area contributed by atoms with Crippen molar-refractivity contribution in [3.8, 4) is 0 Å². The highest BCUT2D eigenvalue weighted by molar-refractivity contribution is 7.15. The molecule has 18 heavy (non-hydrogen) atoms. The normalized spacial score (nSPS) is 21.7. The fraction of sp³-hybridized carbons (Fsp3) is 0.769. The van der Waals surface area contributed by atoms with Crippen molar-refractivity contribution in [1.29, 1.82) is 0 Å². The highest BCUT2D eigenvalue weighted by atomic mass is 35.5. The Labute approximate surface area is 118 Å². The molecule has 100 valence electrons. The molecule has 0 atom stereocenters. The first-order valence-corrected chi connectivity index (χ1v) is 8.05. The molecule has 0 amide bonds. The molecule has 2 fully saturated rings. The Morgan fingerprint density at radius 3 is 2.72 bits per heavy atom. The molecular formula is C13H20ClN3S. The second-order valence-electron chi connectivity index (χ2n) is 5.43. The Bertz CT molecular complexity index is 385. The molecule has 1 aliphatic heterocycles. The van der Waals surface area contributed by atoms with Gasteiger partial charge in [0.15, 0.2) is 4.47 Å². The fourth-order valence-electron chi connectivity index (χ4n) is 2.74. The lowest BCUT2D eigenvalue weighted by Gasteiger charge is -2.29. The molecule has 3 rings (SSSR count). The number of nitrogens with zero attached hydrogens (tertiary/aromatic N) is 2. The second-order valence-corrected chi connectivity index (χ2v) is 7.13. The van der Waals surface area contributed by atoms with Gasteiger partial charge in [0.25, 0.3) is 0 Å². The second kappa shape index (κ2) is 5.87. The quantitative estimate of drug-likeness (QED) is 0.902. The van der Waals surface area contributed by atoms with E-state index in [1.165, 1.54) is 50.2 Å². The zero-order chi connectivity index (χ0) is 12.4. The molecule has 0 radical (unpaired) electrons. The Hall–Kier alpha value is -0.160. The van der Waals surface area contributed by atoms with Crippen LogP contribution in [0.4, 0.5) is 0 Å². The average Bonchev–Trinajstić information content (AvgIpc) is 3.15. The van der Waals surface area contributed by atoms with Crippen molar-refractivity contribution >= 4 is 22.9 Å². The van der Waals surface area contributed by atoms with E-state index >= 15 is 0 Å². The third kappa shape index (κ3) is 3.44. The number of aromatic nitrogens is 1. The van der Waals surface area contributed by atoms with E-state index in [0.717, 1.165) is 18.5 Å². The summed E-state index contributed by atoms with van der Waals surface area (Å²) in [5.74, 6) is 0.871. The molecule has 0 bridgehead atoms. The van der Waals surface area contributed by atoms with Crippen LogP contribution in [0.5, 0.6) is 0 Å². The van der Waals surface area contributed by atoms with Crippen LogP contribution < -0.4 is 5.32 Å². The van der Waals surface area contributed by atoms with Gasteiger partial charge in [-0.1, -0.05) is 11.6 Å². The maximum atomic E-state index is 5.91. The van der Waals surface area contributed by atoms with Crippen molar-refractivity contribution in [2.75, 3.05) is 19.6 Å². The number of hydrogen-bond donors (Lipinski definition) is 1. The summed E-state index contributed by atoms with van der Waals surface area (Å²) < 4.78 is 0.669. The van der Waals surface area contributed by atoms with Crippen LogP contribution in [0.15, 0.2) is 6.20 Å². The topological polar surface area (TPSA) is 28.2 Å². The number of rotatable bonds is 5. The Morgan fingerprint density at radius 1 is 1.33 bits per heavy atom. The van der Waals surface area contributed by atoms with Gasteiger partial charge >= 0.3 is 0 Å². The van der Waals surface area contributed by atoms with Gasteiger partial charge in [0.05, 0.1) is 0 Å². The van der Waals surface area contributed by atoms with Gasteiger partial charge in [-0.05, 0) is 44.7 Å². The first kappa shape index (κ1) is 12.9. The Morgan fingerprint density at radius 2 is 2.11 bits per heavy atom. The van der Waals surface area contributed by atoms with Crippen LogP contribution in [-0.4, -0.2) is 35.6 Å². The summed E-state index contributed by atoms with van der Waals surface area (Å²) >= 11 is 7.54. The van der Waals surface area contributed by atoms with Crippen LogP contribution >= 0.6 is 22.9 Å². The summed E-state index contributed by atoms with van der Waals surface area (Å²) in [5.41, 5.74) is 0. The standard InChI is InChI=1S/C13H20ClN3S/c14-13-16-7-12(18-13)9-17(11-1-2-11)8-10-3-5-15-6-4-10/h7,10-11,15H,1-6,8-9H2. The third-order valence-electron chi connectivity index (χ3n) is 3.90. The van der Waals surface area contributed by atoms with Crippen LogP contribution in [0.2, 0.25) is 4.47 Å². The molecule has 1 saturated carbocycles. The highest BCUT2D eigenvalue weighted by Gasteiger charge is 2.31. The maximum absolute atomic E-state index is 5.91. The molecule has 1 N–H and O–H groups in total. The van der Waals surface area contributed by atoms with Gasteiger partial charge in [0.2, 0.25) is 0 Å². The molecule has 0 spiro atoms. The number of nitrogens with one attached hydrogen (secondary N) is 1. The smallest absolute Gasteiger partial charge is 0.183 e. The number of hydrogen-bond acceptors (Lipinski definition) is 4. The number of piperidine rings is 1. The molecule has 1 saturated heterocycles. The molecule has 5 heteroatoms. The average molecular weight is 286 g/mol. The lowest BCUT2D eigenvalue weighted by atomic mass is 9.97. The van der Waals surface area contributed by atoms with E-state index in [2.05, 4.69) is 15.2 Å². The van der Waals surface area contributed by atoms with Gasteiger partial charge in [-0.25, -0.2) is 4.98 Å².